The van der Waals surface area contributed by atoms with Crippen LogP contribution in [0.5, 0.6) is 0 Å². The van der Waals surface area contributed by atoms with Gasteiger partial charge in [0.15, 0.2) is 0 Å². The molecule has 18 heavy (non-hydrogen) atoms. The SMILES string of the molecule is CCCNc1cccc(NCC(O)(CC)CC)n1. The normalized spacial score (nSPS) is 11.3. The molecule has 1 aromatic heterocycles. The predicted octanol–water partition coefficient (Wildman–Crippen LogP) is 2.87. The Bertz CT molecular complexity index is 351. The molecule has 0 unspecified atom stereocenters. The minimum Gasteiger partial charge on any atom is -0.388 e. The van der Waals surface area contributed by atoms with Gasteiger partial charge < -0.3 is 15.7 Å². The molecule has 4 heteroatoms. The number of hydrogen-bond acceptors (Lipinski definition) is 4. The van der Waals surface area contributed by atoms with Gasteiger partial charge in [0.25, 0.3) is 0 Å². The zero-order valence-corrected chi connectivity index (χ0v) is 11.7. The lowest BCUT2D eigenvalue weighted by molar-refractivity contribution is 0.0456. The highest BCUT2D eigenvalue weighted by Crippen LogP contribution is 2.16. The van der Waals surface area contributed by atoms with Crippen LogP contribution < -0.4 is 10.6 Å². The van der Waals surface area contributed by atoms with Crippen molar-refractivity contribution in [3.05, 3.63) is 18.2 Å². The Hall–Kier alpha value is -1.29. The summed E-state index contributed by atoms with van der Waals surface area (Å²) in [6, 6.07) is 5.83. The van der Waals surface area contributed by atoms with Crippen LogP contribution in [0.15, 0.2) is 18.2 Å². The van der Waals surface area contributed by atoms with Gasteiger partial charge in [0, 0.05) is 13.1 Å². The maximum atomic E-state index is 10.2. The Morgan fingerprint density at radius 1 is 1.11 bits per heavy atom. The van der Waals surface area contributed by atoms with E-state index in [2.05, 4.69) is 22.5 Å². The van der Waals surface area contributed by atoms with E-state index in [1.807, 2.05) is 32.0 Å². The molecule has 102 valence electrons. The minimum absolute atomic E-state index is 0.532. The van der Waals surface area contributed by atoms with E-state index in [-0.39, 0.29) is 0 Å². The Morgan fingerprint density at radius 2 is 1.72 bits per heavy atom. The first-order valence-corrected chi connectivity index (χ1v) is 6.80. The van der Waals surface area contributed by atoms with E-state index in [0.717, 1.165) is 37.4 Å². The predicted molar refractivity (Wildman–Crippen MR) is 77.0 cm³/mol. The Balaban J connectivity index is 2.56. The monoisotopic (exact) mass is 251 g/mol. The molecule has 0 atom stereocenters. The quantitative estimate of drug-likeness (QED) is 0.665. The van der Waals surface area contributed by atoms with Crippen LogP contribution in [-0.2, 0) is 0 Å². The van der Waals surface area contributed by atoms with Crippen molar-refractivity contribution in [1.82, 2.24) is 4.98 Å². The summed E-state index contributed by atoms with van der Waals surface area (Å²) in [7, 11) is 0. The summed E-state index contributed by atoms with van der Waals surface area (Å²) in [6.45, 7) is 7.57. The highest BCUT2D eigenvalue weighted by Gasteiger charge is 2.21. The van der Waals surface area contributed by atoms with E-state index in [9.17, 15) is 5.11 Å². The summed E-state index contributed by atoms with van der Waals surface area (Å²) in [4.78, 5) is 4.45. The first-order valence-electron chi connectivity index (χ1n) is 6.80. The molecule has 0 saturated heterocycles. The van der Waals surface area contributed by atoms with Crippen LogP contribution >= 0.6 is 0 Å². The summed E-state index contributed by atoms with van der Waals surface area (Å²) < 4.78 is 0. The zero-order chi connectivity index (χ0) is 13.4. The lowest BCUT2D eigenvalue weighted by Crippen LogP contribution is -2.35. The molecule has 0 aliphatic heterocycles. The number of hydrogen-bond donors (Lipinski definition) is 3. The van der Waals surface area contributed by atoms with E-state index in [1.54, 1.807) is 0 Å². The smallest absolute Gasteiger partial charge is 0.128 e. The number of aliphatic hydroxyl groups is 1. The molecule has 0 fully saturated rings. The number of nitrogens with zero attached hydrogens (tertiary/aromatic N) is 1. The molecule has 0 bridgehead atoms. The van der Waals surface area contributed by atoms with Gasteiger partial charge in [0.1, 0.15) is 11.6 Å². The van der Waals surface area contributed by atoms with Crippen molar-refractivity contribution in [2.45, 2.75) is 45.6 Å². The number of rotatable bonds is 8. The third-order valence-corrected chi connectivity index (χ3v) is 3.22. The fraction of sp³-hybridized carbons (Fsp3) is 0.643. The van der Waals surface area contributed by atoms with Crippen LogP contribution in [0.25, 0.3) is 0 Å². The second-order valence-electron chi connectivity index (χ2n) is 4.62. The van der Waals surface area contributed by atoms with E-state index < -0.39 is 5.60 Å². The maximum absolute atomic E-state index is 10.2. The number of aromatic nitrogens is 1. The van der Waals surface area contributed by atoms with Gasteiger partial charge in [0.2, 0.25) is 0 Å². The van der Waals surface area contributed by atoms with Crippen LogP contribution in [0.1, 0.15) is 40.0 Å². The third kappa shape index (κ3) is 4.53. The summed E-state index contributed by atoms with van der Waals surface area (Å²) >= 11 is 0. The van der Waals surface area contributed by atoms with E-state index in [1.165, 1.54) is 0 Å². The molecule has 0 aromatic carbocycles. The van der Waals surface area contributed by atoms with Gasteiger partial charge in [-0.05, 0) is 31.4 Å². The second-order valence-corrected chi connectivity index (χ2v) is 4.62. The summed E-state index contributed by atoms with van der Waals surface area (Å²) in [5.41, 5.74) is -0.644. The third-order valence-electron chi connectivity index (χ3n) is 3.22. The fourth-order valence-corrected chi connectivity index (χ4v) is 1.64. The topological polar surface area (TPSA) is 57.2 Å². The van der Waals surface area contributed by atoms with Crippen LogP contribution in [0.2, 0.25) is 0 Å². The molecule has 0 radical (unpaired) electrons. The lowest BCUT2D eigenvalue weighted by Gasteiger charge is -2.25. The van der Waals surface area contributed by atoms with Crippen LogP contribution in [0, 0.1) is 0 Å². The molecule has 4 nitrogen and oxygen atoms in total. The van der Waals surface area contributed by atoms with Gasteiger partial charge in [-0.2, -0.15) is 0 Å². The molecule has 0 amide bonds. The first-order chi connectivity index (χ1) is 8.63. The second kappa shape index (κ2) is 7.21. The van der Waals surface area contributed by atoms with Gasteiger partial charge in [0.05, 0.1) is 5.60 Å². The summed E-state index contributed by atoms with van der Waals surface area (Å²) in [5.74, 6) is 1.68. The van der Waals surface area contributed by atoms with Crippen molar-refractivity contribution in [3.8, 4) is 0 Å². The van der Waals surface area contributed by atoms with Crippen molar-refractivity contribution >= 4 is 11.6 Å². The van der Waals surface area contributed by atoms with E-state index >= 15 is 0 Å². The minimum atomic E-state index is -0.644. The first kappa shape index (κ1) is 14.8. The number of nitrogens with one attached hydrogen (secondary N) is 2. The molecular formula is C14H25N3O. The van der Waals surface area contributed by atoms with Crippen LogP contribution in [0.3, 0.4) is 0 Å². The van der Waals surface area contributed by atoms with Crippen molar-refractivity contribution in [2.24, 2.45) is 0 Å². The van der Waals surface area contributed by atoms with E-state index in [4.69, 9.17) is 0 Å². The number of anilines is 2. The molecule has 0 saturated carbocycles. The molecule has 1 aromatic rings. The molecule has 3 N–H and O–H groups in total. The molecule has 0 aliphatic rings. The Morgan fingerprint density at radius 3 is 2.28 bits per heavy atom. The van der Waals surface area contributed by atoms with Gasteiger partial charge in [-0.1, -0.05) is 26.8 Å². The van der Waals surface area contributed by atoms with Crippen LogP contribution in [0.4, 0.5) is 11.6 Å². The fourth-order valence-electron chi connectivity index (χ4n) is 1.64. The molecule has 1 rings (SSSR count). The lowest BCUT2D eigenvalue weighted by atomic mass is 9.98. The van der Waals surface area contributed by atoms with Crippen molar-refractivity contribution in [3.63, 3.8) is 0 Å². The van der Waals surface area contributed by atoms with E-state index in [0.29, 0.717) is 6.54 Å². The van der Waals surface area contributed by atoms with Crippen molar-refractivity contribution < 1.29 is 5.11 Å². The van der Waals surface area contributed by atoms with Crippen molar-refractivity contribution in [1.29, 1.82) is 0 Å². The highest BCUT2D eigenvalue weighted by atomic mass is 16.3. The summed E-state index contributed by atoms with van der Waals surface area (Å²) in [5, 5.41) is 16.6. The van der Waals surface area contributed by atoms with Gasteiger partial charge in [-0.3, -0.25) is 0 Å². The van der Waals surface area contributed by atoms with Gasteiger partial charge in [-0.25, -0.2) is 4.98 Å². The Kier molecular flexibility index (Phi) is 5.92. The standard InChI is InChI=1S/C14H25N3O/c1-4-10-15-12-8-7-9-13(17-12)16-11-14(18,5-2)6-3/h7-9,18H,4-6,10-11H2,1-3H3,(H2,15,16,17). The molecule has 1 heterocycles. The maximum Gasteiger partial charge on any atom is 0.128 e. The molecular weight excluding hydrogens is 226 g/mol. The average Bonchev–Trinajstić information content (AvgIpc) is 2.43. The largest absolute Gasteiger partial charge is 0.388 e. The molecule has 0 spiro atoms. The molecule has 0 aliphatic carbocycles. The average molecular weight is 251 g/mol. The zero-order valence-electron chi connectivity index (χ0n) is 11.7. The Labute approximate surface area is 110 Å². The van der Waals surface area contributed by atoms with Crippen LogP contribution in [-0.4, -0.2) is 28.8 Å². The van der Waals surface area contributed by atoms with Gasteiger partial charge in [-0.15, -0.1) is 0 Å². The highest BCUT2D eigenvalue weighted by molar-refractivity contribution is 5.45. The number of pyridine rings is 1. The van der Waals surface area contributed by atoms with Crippen molar-refractivity contribution in [2.75, 3.05) is 23.7 Å². The summed E-state index contributed by atoms with van der Waals surface area (Å²) in [6.07, 6.45) is 2.55. The van der Waals surface area contributed by atoms with Gasteiger partial charge >= 0.3 is 0 Å².